The van der Waals surface area contributed by atoms with Crippen LogP contribution in [-0.2, 0) is 13.1 Å². The van der Waals surface area contributed by atoms with Crippen LogP contribution in [0.2, 0.25) is 0 Å². The highest BCUT2D eigenvalue weighted by Crippen LogP contribution is 2.14. The van der Waals surface area contributed by atoms with Gasteiger partial charge in [0.25, 0.3) is 0 Å². The summed E-state index contributed by atoms with van der Waals surface area (Å²) in [5.74, 6) is 0.665. The second-order valence-electron chi connectivity index (χ2n) is 6.87. The molecule has 0 bridgehead atoms. The highest BCUT2D eigenvalue weighted by Gasteiger charge is 2.20. The van der Waals surface area contributed by atoms with Gasteiger partial charge in [0.2, 0.25) is 0 Å². The fourth-order valence-electron chi connectivity index (χ4n) is 3.26. The van der Waals surface area contributed by atoms with Crippen LogP contribution in [0.15, 0.2) is 58.0 Å². The normalized spacial score (nSPS) is 16.3. The fraction of sp³-hybridized carbons (Fsp3) is 0.381. The van der Waals surface area contributed by atoms with E-state index in [0.29, 0.717) is 6.04 Å². The van der Waals surface area contributed by atoms with Gasteiger partial charge in [-0.15, -0.1) is 0 Å². The van der Waals surface area contributed by atoms with Gasteiger partial charge in [-0.25, -0.2) is 4.39 Å². The molecule has 1 aliphatic heterocycles. The van der Waals surface area contributed by atoms with Crippen LogP contribution in [0.3, 0.4) is 0 Å². The van der Waals surface area contributed by atoms with Crippen LogP contribution >= 0.6 is 15.9 Å². The lowest BCUT2D eigenvalue weighted by Crippen LogP contribution is -2.48. The monoisotopic (exact) mass is 432 g/mol. The highest BCUT2D eigenvalue weighted by molar-refractivity contribution is 9.10. The Morgan fingerprint density at radius 1 is 1.07 bits per heavy atom. The van der Waals surface area contributed by atoms with Crippen LogP contribution in [0.1, 0.15) is 24.0 Å². The van der Waals surface area contributed by atoms with Gasteiger partial charge in [-0.3, -0.25) is 9.89 Å². The van der Waals surface area contributed by atoms with Gasteiger partial charge < -0.3 is 10.6 Å². The number of likely N-dealkylation sites (tertiary alicyclic amines) is 1. The molecule has 1 fully saturated rings. The number of guanidine groups is 1. The number of rotatable bonds is 5. The Kier molecular flexibility index (Phi) is 7.24. The summed E-state index contributed by atoms with van der Waals surface area (Å²) in [4.78, 5) is 6.77. The van der Waals surface area contributed by atoms with Crippen molar-refractivity contribution in [2.24, 2.45) is 4.99 Å². The summed E-state index contributed by atoms with van der Waals surface area (Å²) in [5.41, 5.74) is 2.38. The smallest absolute Gasteiger partial charge is 0.191 e. The van der Waals surface area contributed by atoms with E-state index in [1.165, 1.54) is 17.7 Å². The summed E-state index contributed by atoms with van der Waals surface area (Å²) < 4.78 is 14.1. The highest BCUT2D eigenvalue weighted by atomic mass is 79.9. The van der Waals surface area contributed by atoms with E-state index in [-0.39, 0.29) is 5.82 Å². The van der Waals surface area contributed by atoms with Gasteiger partial charge in [-0.1, -0.05) is 40.2 Å². The van der Waals surface area contributed by atoms with E-state index < -0.39 is 0 Å². The minimum atomic E-state index is -0.177. The van der Waals surface area contributed by atoms with Crippen LogP contribution < -0.4 is 10.6 Å². The maximum atomic E-state index is 13.0. The molecule has 2 N–H and O–H groups in total. The van der Waals surface area contributed by atoms with Gasteiger partial charge >= 0.3 is 0 Å². The van der Waals surface area contributed by atoms with E-state index in [2.05, 4.69) is 48.6 Å². The number of hydrogen-bond acceptors (Lipinski definition) is 2. The Bertz CT molecular complexity index is 738. The first-order chi connectivity index (χ1) is 13.1. The molecule has 2 aromatic carbocycles. The van der Waals surface area contributed by atoms with Crippen molar-refractivity contribution in [3.05, 3.63) is 69.9 Å². The van der Waals surface area contributed by atoms with Crippen molar-refractivity contribution in [1.29, 1.82) is 0 Å². The summed E-state index contributed by atoms with van der Waals surface area (Å²) in [5, 5.41) is 6.92. The third-order valence-electron chi connectivity index (χ3n) is 4.84. The molecule has 0 aliphatic carbocycles. The summed E-state index contributed by atoms with van der Waals surface area (Å²) in [6, 6.07) is 15.5. The molecule has 1 heterocycles. The quantitative estimate of drug-likeness (QED) is 0.555. The molecule has 0 aromatic heterocycles. The SMILES string of the molecule is CN=C(NCc1ccc(Br)cc1)NC1CCN(Cc2ccc(F)cc2)CC1. The largest absolute Gasteiger partial charge is 0.354 e. The molecule has 144 valence electrons. The predicted molar refractivity (Wildman–Crippen MR) is 112 cm³/mol. The molecule has 3 rings (SSSR count). The number of hydrogen-bond donors (Lipinski definition) is 2. The lowest BCUT2D eigenvalue weighted by Gasteiger charge is -2.33. The molecule has 0 atom stereocenters. The van der Waals surface area contributed by atoms with Crippen LogP contribution in [0.4, 0.5) is 4.39 Å². The maximum absolute atomic E-state index is 13.0. The summed E-state index contributed by atoms with van der Waals surface area (Å²) in [6.45, 7) is 3.68. The van der Waals surface area contributed by atoms with Crippen molar-refractivity contribution in [1.82, 2.24) is 15.5 Å². The molecule has 0 saturated carbocycles. The first-order valence-electron chi connectivity index (χ1n) is 9.31. The van der Waals surface area contributed by atoms with Crippen molar-refractivity contribution >= 4 is 21.9 Å². The molecule has 1 aliphatic rings. The van der Waals surface area contributed by atoms with E-state index in [9.17, 15) is 4.39 Å². The van der Waals surface area contributed by atoms with Crippen LogP contribution in [-0.4, -0.2) is 37.0 Å². The zero-order valence-electron chi connectivity index (χ0n) is 15.6. The van der Waals surface area contributed by atoms with E-state index in [0.717, 1.165) is 55.0 Å². The number of nitrogens with one attached hydrogen (secondary N) is 2. The molecular formula is C21H26BrFN4. The minimum absolute atomic E-state index is 0.177. The first-order valence-corrected chi connectivity index (χ1v) is 10.1. The Labute approximate surface area is 169 Å². The lowest BCUT2D eigenvalue weighted by atomic mass is 10.0. The lowest BCUT2D eigenvalue weighted by molar-refractivity contribution is 0.198. The zero-order valence-corrected chi connectivity index (χ0v) is 17.2. The van der Waals surface area contributed by atoms with Gasteiger partial charge in [0.1, 0.15) is 5.82 Å². The van der Waals surface area contributed by atoms with Crippen molar-refractivity contribution in [3.63, 3.8) is 0 Å². The number of piperidine rings is 1. The maximum Gasteiger partial charge on any atom is 0.191 e. The molecule has 1 saturated heterocycles. The molecule has 27 heavy (non-hydrogen) atoms. The van der Waals surface area contributed by atoms with Gasteiger partial charge in [0, 0.05) is 43.7 Å². The van der Waals surface area contributed by atoms with Crippen LogP contribution in [0, 0.1) is 5.82 Å². The van der Waals surface area contributed by atoms with Gasteiger partial charge in [-0.2, -0.15) is 0 Å². The Morgan fingerprint density at radius 2 is 1.70 bits per heavy atom. The third-order valence-corrected chi connectivity index (χ3v) is 5.37. The van der Waals surface area contributed by atoms with Crippen molar-refractivity contribution < 1.29 is 4.39 Å². The van der Waals surface area contributed by atoms with Gasteiger partial charge in [0.15, 0.2) is 5.96 Å². The topological polar surface area (TPSA) is 39.7 Å². The Hall–Kier alpha value is -1.92. The Morgan fingerprint density at radius 3 is 2.33 bits per heavy atom. The van der Waals surface area contributed by atoms with Gasteiger partial charge in [-0.05, 0) is 48.2 Å². The standard InChI is InChI=1S/C21H26BrFN4/c1-24-21(25-14-16-2-6-18(22)7-3-16)26-20-10-12-27(13-11-20)15-17-4-8-19(23)9-5-17/h2-9,20H,10-15H2,1H3,(H2,24,25,26). The third kappa shape index (κ3) is 6.33. The first kappa shape index (κ1) is 19.8. The molecule has 6 heteroatoms. The molecule has 2 aromatic rings. The second-order valence-corrected chi connectivity index (χ2v) is 7.79. The summed E-state index contributed by atoms with van der Waals surface area (Å²) >= 11 is 3.46. The average molecular weight is 433 g/mol. The molecule has 0 radical (unpaired) electrons. The molecular weight excluding hydrogens is 407 g/mol. The van der Waals surface area contributed by atoms with Crippen LogP contribution in [0.25, 0.3) is 0 Å². The van der Waals surface area contributed by atoms with E-state index in [4.69, 9.17) is 0 Å². The molecule has 4 nitrogen and oxygen atoms in total. The fourth-order valence-corrected chi connectivity index (χ4v) is 3.52. The van der Waals surface area contributed by atoms with Gasteiger partial charge in [0.05, 0.1) is 0 Å². The van der Waals surface area contributed by atoms with Crippen molar-refractivity contribution in [3.8, 4) is 0 Å². The average Bonchev–Trinajstić information content (AvgIpc) is 2.69. The predicted octanol–water partition coefficient (Wildman–Crippen LogP) is 3.92. The van der Waals surface area contributed by atoms with Crippen LogP contribution in [0.5, 0.6) is 0 Å². The molecule has 0 unspecified atom stereocenters. The number of halogens is 2. The van der Waals surface area contributed by atoms with E-state index in [1.807, 2.05) is 24.3 Å². The van der Waals surface area contributed by atoms with Crippen molar-refractivity contribution in [2.45, 2.75) is 32.0 Å². The number of aliphatic imine (C=N–C) groups is 1. The van der Waals surface area contributed by atoms with E-state index >= 15 is 0 Å². The Balaban J connectivity index is 1.41. The number of benzene rings is 2. The minimum Gasteiger partial charge on any atom is -0.354 e. The number of nitrogens with zero attached hydrogens (tertiary/aromatic N) is 2. The summed E-state index contributed by atoms with van der Waals surface area (Å²) in [7, 11) is 1.81. The van der Waals surface area contributed by atoms with E-state index in [1.54, 1.807) is 7.05 Å². The molecule has 0 spiro atoms. The molecule has 0 amide bonds. The summed E-state index contributed by atoms with van der Waals surface area (Å²) in [6.07, 6.45) is 2.14. The zero-order chi connectivity index (χ0) is 19.1. The second kappa shape index (κ2) is 9.85. The van der Waals surface area contributed by atoms with Crippen molar-refractivity contribution in [2.75, 3.05) is 20.1 Å².